The molecular weight excluding hydrogens is 251 g/mol. The van der Waals surface area contributed by atoms with E-state index in [1.807, 2.05) is 6.92 Å². The molecule has 0 bridgehead atoms. The quantitative estimate of drug-likeness (QED) is 0.824. The summed E-state index contributed by atoms with van der Waals surface area (Å²) in [6, 6.07) is 4.59. The van der Waals surface area contributed by atoms with Crippen molar-refractivity contribution in [1.82, 2.24) is 10.8 Å². The minimum Gasteiger partial charge on any atom is -0.330 e. The van der Waals surface area contributed by atoms with Gasteiger partial charge in [-0.25, -0.2) is 10.3 Å². The molecule has 0 saturated carbocycles. The van der Waals surface area contributed by atoms with Crippen LogP contribution in [0.1, 0.15) is 18.5 Å². The van der Waals surface area contributed by atoms with Gasteiger partial charge in [0.1, 0.15) is 0 Å². The highest BCUT2D eigenvalue weighted by atomic mass is 35.5. The number of rotatable bonds is 3. The Bertz CT molecular complexity index is 385. The lowest BCUT2D eigenvalue weighted by atomic mass is 10.1. The fourth-order valence-electron chi connectivity index (χ4n) is 1.18. The molecule has 4 nitrogen and oxygen atoms in total. The van der Waals surface area contributed by atoms with Crippen LogP contribution in [-0.4, -0.2) is 13.1 Å². The molecule has 0 heterocycles. The van der Waals surface area contributed by atoms with Crippen molar-refractivity contribution in [1.29, 1.82) is 0 Å². The van der Waals surface area contributed by atoms with E-state index in [4.69, 9.17) is 23.2 Å². The van der Waals surface area contributed by atoms with Crippen LogP contribution in [0.5, 0.6) is 0 Å². The second-order valence-corrected chi connectivity index (χ2v) is 3.99. The molecule has 1 aromatic carbocycles. The van der Waals surface area contributed by atoms with E-state index in [1.165, 1.54) is 7.11 Å². The molecule has 1 aromatic rings. The van der Waals surface area contributed by atoms with Crippen LogP contribution in [0.15, 0.2) is 18.2 Å². The van der Waals surface area contributed by atoms with Crippen LogP contribution in [0.3, 0.4) is 0 Å². The number of nitrogens with one attached hydrogen (secondary N) is 2. The summed E-state index contributed by atoms with van der Waals surface area (Å²) in [6.45, 7) is 1.83. The predicted octanol–water partition coefficient (Wildman–Crippen LogP) is 2.92. The van der Waals surface area contributed by atoms with Crippen LogP contribution in [0.25, 0.3) is 0 Å². The smallest absolute Gasteiger partial charge is 0.330 e. The largest absolute Gasteiger partial charge is 0.339 e. The third kappa shape index (κ3) is 3.56. The fraction of sp³-hybridized carbons (Fsp3) is 0.300. The second-order valence-electron chi connectivity index (χ2n) is 3.17. The van der Waals surface area contributed by atoms with Gasteiger partial charge in [0, 0.05) is 0 Å². The van der Waals surface area contributed by atoms with E-state index in [2.05, 4.69) is 15.6 Å². The van der Waals surface area contributed by atoms with Crippen molar-refractivity contribution in [2.24, 2.45) is 0 Å². The summed E-state index contributed by atoms with van der Waals surface area (Å²) in [4.78, 5) is 15.6. The summed E-state index contributed by atoms with van der Waals surface area (Å²) in [5, 5.41) is 3.61. The van der Waals surface area contributed by atoms with Gasteiger partial charge in [-0.05, 0) is 24.6 Å². The van der Waals surface area contributed by atoms with Crippen LogP contribution in [0.4, 0.5) is 4.79 Å². The Labute approximate surface area is 104 Å². The summed E-state index contributed by atoms with van der Waals surface area (Å²) in [5.41, 5.74) is 3.02. The zero-order valence-corrected chi connectivity index (χ0v) is 10.4. The van der Waals surface area contributed by atoms with Crippen LogP contribution in [-0.2, 0) is 4.84 Å². The van der Waals surface area contributed by atoms with Gasteiger partial charge in [0.05, 0.1) is 23.2 Å². The third-order valence-corrected chi connectivity index (χ3v) is 2.73. The predicted molar refractivity (Wildman–Crippen MR) is 63.6 cm³/mol. The molecule has 0 aliphatic carbocycles. The van der Waals surface area contributed by atoms with Crippen LogP contribution in [0.2, 0.25) is 10.0 Å². The first kappa shape index (κ1) is 13.1. The molecule has 1 rings (SSSR count). The molecule has 2 amide bonds. The molecule has 0 aliphatic rings. The summed E-state index contributed by atoms with van der Waals surface area (Å²) < 4.78 is 0. The minimum absolute atomic E-state index is 0.190. The molecular formula is C10H12Cl2N2O2. The van der Waals surface area contributed by atoms with Crippen LogP contribution >= 0.6 is 23.2 Å². The Morgan fingerprint density at radius 1 is 1.38 bits per heavy atom. The van der Waals surface area contributed by atoms with Crippen molar-refractivity contribution in [3.8, 4) is 0 Å². The average Bonchev–Trinajstić information content (AvgIpc) is 2.22. The lowest BCUT2D eigenvalue weighted by Crippen LogP contribution is -2.36. The normalized spacial score (nSPS) is 12.0. The minimum atomic E-state index is -0.416. The monoisotopic (exact) mass is 262 g/mol. The van der Waals surface area contributed by atoms with Gasteiger partial charge in [0.2, 0.25) is 0 Å². The van der Waals surface area contributed by atoms with Crippen molar-refractivity contribution in [3.63, 3.8) is 0 Å². The first-order valence-electron chi connectivity index (χ1n) is 4.59. The third-order valence-electron chi connectivity index (χ3n) is 1.99. The lowest BCUT2D eigenvalue weighted by Gasteiger charge is -2.14. The maximum absolute atomic E-state index is 11.2. The summed E-state index contributed by atoms with van der Waals surface area (Å²) in [6.07, 6.45) is 0. The standard InChI is InChI=1S/C10H12Cl2N2O2/c1-6(13-10(15)14-16-2)7-3-4-8(11)9(12)5-7/h3-6H,1-2H3,(H2,13,14,15). The van der Waals surface area contributed by atoms with Crippen LogP contribution < -0.4 is 10.8 Å². The van der Waals surface area contributed by atoms with E-state index < -0.39 is 6.03 Å². The zero-order chi connectivity index (χ0) is 12.1. The Hall–Kier alpha value is -0.970. The van der Waals surface area contributed by atoms with Crippen molar-refractivity contribution in [3.05, 3.63) is 33.8 Å². The average molecular weight is 263 g/mol. The second kappa shape index (κ2) is 5.94. The summed E-state index contributed by atoms with van der Waals surface area (Å²) in [7, 11) is 1.36. The SMILES string of the molecule is CONC(=O)NC(C)c1ccc(Cl)c(Cl)c1. The Morgan fingerprint density at radius 2 is 2.06 bits per heavy atom. The number of halogens is 2. The van der Waals surface area contributed by atoms with Gasteiger partial charge >= 0.3 is 6.03 Å². The van der Waals surface area contributed by atoms with E-state index in [0.717, 1.165) is 5.56 Å². The van der Waals surface area contributed by atoms with Crippen molar-refractivity contribution >= 4 is 29.2 Å². The zero-order valence-electron chi connectivity index (χ0n) is 8.88. The fourth-order valence-corrected chi connectivity index (χ4v) is 1.49. The Kier molecular flexibility index (Phi) is 4.86. The van der Waals surface area contributed by atoms with E-state index in [9.17, 15) is 4.79 Å². The van der Waals surface area contributed by atoms with E-state index in [0.29, 0.717) is 10.0 Å². The number of carbonyl (C=O) groups is 1. The molecule has 1 unspecified atom stereocenters. The van der Waals surface area contributed by atoms with Crippen LogP contribution in [0, 0.1) is 0 Å². The van der Waals surface area contributed by atoms with Gasteiger partial charge in [-0.3, -0.25) is 4.84 Å². The van der Waals surface area contributed by atoms with Gasteiger partial charge in [-0.15, -0.1) is 0 Å². The number of hydrogen-bond donors (Lipinski definition) is 2. The molecule has 0 aromatic heterocycles. The highest BCUT2D eigenvalue weighted by Crippen LogP contribution is 2.25. The summed E-state index contributed by atoms with van der Waals surface area (Å²) >= 11 is 11.7. The number of hydrogen-bond acceptors (Lipinski definition) is 2. The first-order valence-corrected chi connectivity index (χ1v) is 5.34. The number of urea groups is 1. The van der Waals surface area contributed by atoms with Gasteiger partial charge < -0.3 is 5.32 Å². The van der Waals surface area contributed by atoms with Gasteiger partial charge in [0.25, 0.3) is 0 Å². The lowest BCUT2D eigenvalue weighted by molar-refractivity contribution is 0.106. The molecule has 0 aliphatic heterocycles. The molecule has 0 saturated heterocycles. The van der Waals surface area contributed by atoms with E-state index in [1.54, 1.807) is 18.2 Å². The molecule has 2 N–H and O–H groups in total. The number of amides is 2. The number of hydroxylamine groups is 1. The van der Waals surface area contributed by atoms with Crippen molar-refractivity contribution in [2.75, 3.05) is 7.11 Å². The van der Waals surface area contributed by atoms with Gasteiger partial charge in [0.15, 0.2) is 0 Å². The molecule has 0 spiro atoms. The topological polar surface area (TPSA) is 50.4 Å². The summed E-state index contributed by atoms with van der Waals surface area (Å²) in [5.74, 6) is 0. The van der Waals surface area contributed by atoms with Crippen molar-refractivity contribution in [2.45, 2.75) is 13.0 Å². The van der Waals surface area contributed by atoms with Gasteiger partial charge in [-0.1, -0.05) is 29.3 Å². The number of carbonyl (C=O) groups excluding carboxylic acids is 1. The van der Waals surface area contributed by atoms with Gasteiger partial charge in [-0.2, -0.15) is 0 Å². The molecule has 0 radical (unpaired) electrons. The number of benzene rings is 1. The van der Waals surface area contributed by atoms with E-state index in [-0.39, 0.29) is 6.04 Å². The Morgan fingerprint density at radius 3 is 2.62 bits per heavy atom. The molecule has 1 atom stereocenters. The maximum atomic E-state index is 11.2. The molecule has 88 valence electrons. The first-order chi connectivity index (χ1) is 7.54. The van der Waals surface area contributed by atoms with Crippen molar-refractivity contribution < 1.29 is 9.63 Å². The molecule has 16 heavy (non-hydrogen) atoms. The molecule has 0 fully saturated rings. The van der Waals surface area contributed by atoms with E-state index >= 15 is 0 Å². The highest BCUT2D eigenvalue weighted by Gasteiger charge is 2.10. The Balaban J connectivity index is 2.69. The maximum Gasteiger partial charge on any atom is 0.339 e. The molecule has 6 heteroatoms. The highest BCUT2D eigenvalue weighted by molar-refractivity contribution is 6.42.